The van der Waals surface area contributed by atoms with E-state index in [1.165, 1.54) is 11.3 Å². The Labute approximate surface area is 114 Å². The fourth-order valence-corrected chi connectivity index (χ4v) is 2.81. The van der Waals surface area contributed by atoms with Gasteiger partial charge in [0.1, 0.15) is 11.4 Å². The summed E-state index contributed by atoms with van der Waals surface area (Å²) in [5, 5.41) is 1.92. The molecule has 19 heavy (non-hydrogen) atoms. The minimum atomic E-state index is -0.0222. The van der Waals surface area contributed by atoms with E-state index in [1.807, 2.05) is 22.9 Å². The van der Waals surface area contributed by atoms with E-state index in [4.69, 9.17) is 4.74 Å². The molecule has 0 fully saturated rings. The van der Waals surface area contributed by atoms with Gasteiger partial charge in [0.15, 0.2) is 4.96 Å². The van der Waals surface area contributed by atoms with Crippen LogP contribution in [0.15, 0.2) is 35.8 Å². The Morgan fingerprint density at radius 3 is 2.74 bits per heavy atom. The van der Waals surface area contributed by atoms with E-state index in [9.17, 15) is 4.79 Å². The largest absolute Gasteiger partial charge is 0.497 e. The van der Waals surface area contributed by atoms with E-state index in [2.05, 4.69) is 4.98 Å². The monoisotopic (exact) mass is 272 g/mol. The Bertz CT molecular complexity index is 740. The van der Waals surface area contributed by atoms with Crippen LogP contribution in [0.25, 0.3) is 4.96 Å². The average molecular weight is 272 g/mol. The first-order valence-electron chi connectivity index (χ1n) is 5.81. The molecule has 2 heterocycles. The highest BCUT2D eigenvalue weighted by Crippen LogP contribution is 2.21. The summed E-state index contributed by atoms with van der Waals surface area (Å²) in [6.45, 7) is 1.86. The van der Waals surface area contributed by atoms with Crippen LogP contribution in [0.1, 0.15) is 21.7 Å². The van der Waals surface area contributed by atoms with Crippen molar-refractivity contribution in [3.63, 3.8) is 0 Å². The number of carbonyl (C=O) groups is 1. The lowest BCUT2D eigenvalue weighted by Gasteiger charge is -2.03. The lowest BCUT2D eigenvalue weighted by Crippen LogP contribution is -2.06. The molecule has 0 aliphatic heterocycles. The molecule has 0 saturated heterocycles. The van der Waals surface area contributed by atoms with E-state index < -0.39 is 0 Å². The lowest BCUT2D eigenvalue weighted by molar-refractivity contribution is 0.103. The Morgan fingerprint density at radius 2 is 2.05 bits per heavy atom. The van der Waals surface area contributed by atoms with Gasteiger partial charge in [0.25, 0.3) is 0 Å². The molecule has 0 atom stereocenters. The Morgan fingerprint density at radius 1 is 1.32 bits per heavy atom. The van der Waals surface area contributed by atoms with Crippen LogP contribution in [-0.2, 0) is 0 Å². The SMILES string of the molecule is COc1ccc(C(=O)c2c(C)nc3sccn23)cc1. The number of ketones is 1. The molecule has 0 unspecified atom stereocenters. The predicted octanol–water partition coefficient (Wildman–Crippen LogP) is 2.94. The molecule has 0 saturated carbocycles. The van der Waals surface area contributed by atoms with Crippen LogP contribution in [0.2, 0.25) is 0 Å². The van der Waals surface area contributed by atoms with Gasteiger partial charge in [0.05, 0.1) is 12.8 Å². The number of ether oxygens (including phenoxy) is 1. The highest BCUT2D eigenvalue weighted by atomic mass is 32.1. The number of hydrogen-bond acceptors (Lipinski definition) is 4. The minimum Gasteiger partial charge on any atom is -0.497 e. The molecule has 0 aliphatic rings. The number of methoxy groups -OCH3 is 1. The molecular formula is C14H12N2O2S. The van der Waals surface area contributed by atoms with Crippen molar-refractivity contribution in [1.82, 2.24) is 9.38 Å². The molecule has 0 aliphatic carbocycles. The number of fused-ring (bicyclic) bond motifs is 1. The quantitative estimate of drug-likeness (QED) is 0.688. The van der Waals surface area contributed by atoms with E-state index >= 15 is 0 Å². The Hall–Kier alpha value is -2.14. The zero-order valence-electron chi connectivity index (χ0n) is 10.6. The van der Waals surface area contributed by atoms with Gasteiger partial charge in [0, 0.05) is 17.1 Å². The highest BCUT2D eigenvalue weighted by molar-refractivity contribution is 7.15. The molecule has 3 aromatic rings. The van der Waals surface area contributed by atoms with Crippen molar-refractivity contribution in [2.45, 2.75) is 6.92 Å². The summed E-state index contributed by atoms with van der Waals surface area (Å²) in [6, 6.07) is 7.11. The van der Waals surface area contributed by atoms with Gasteiger partial charge in [-0.3, -0.25) is 9.20 Å². The third-order valence-corrected chi connectivity index (χ3v) is 3.76. The van der Waals surface area contributed by atoms with E-state index in [-0.39, 0.29) is 5.78 Å². The third-order valence-electron chi connectivity index (χ3n) is 3.00. The third kappa shape index (κ3) is 1.92. The first kappa shape index (κ1) is 11.9. The molecule has 1 aromatic carbocycles. The fourth-order valence-electron chi connectivity index (χ4n) is 2.05. The van der Waals surface area contributed by atoms with E-state index in [0.29, 0.717) is 11.3 Å². The van der Waals surface area contributed by atoms with Gasteiger partial charge < -0.3 is 4.74 Å². The molecule has 0 spiro atoms. The molecule has 4 nitrogen and oxygen atoms in total. The van der Waals surface area contributed by atoms with Gasteiger partial charge in [0.2, 0.25) is 5.78 Å². The summed E-state index contributed by atoms with van der Waals surface area (Å²) in [5.41, 5.74) is 2.02. The number of aromatic nitrogens is 2. The van der Waals surface area contributed by atoms with Gasteiger partial charge in [-0.25, -0.2) is 4.98 Å². The van der Waals surface area contributed by atoms with Crippen LogP contribution in [0, 0.1) is 6.92 Å². The maximum Gasteiger partial charge on any atom is 0.211 e. The van der Waals surface area contributed by atoms with Gasteiger partial charge >= 0.3 is 0 Å². The topological polar surface area (TPSA) is 43.6 Å². The van der Waals surface area contributed by atoms with Crippen LogP contribution in [0.5, 0.6) is 5.75 Å². The van der Waals surface area contributed by atoms with Gasteiger partial charge in [-0.2, -0.15) is 0 Å². The van der Waals surface area contributed by atoms with Crippen LogP contribution in [0.3, 0.4) is 0 Å². The van der Waals surface area contributed by atoms with Crippen LogP contribution in [-0.4, -0.2) is 22.3 Å². The van der Waals surface area contributed by atoms with Crippen molar-refractivity contribution < 1.29 is 9.53 Å². The number of imidazole rings is 1. The standard InChI is InChI=1S/C14H12N2O2S/c1-9-12(16-7-8-19-14(16)15-9)13(17)10-3-5-11(18-2)6-4-10/h3-8H,1-2H3. The van der Waals surface area contributed by atoms with Crippen LogP contribution >= 0.6 is 11.3 Å². The minimum absolute atomic E-state index is 0.0222. The first-order valence-corrected chi connectivity index (χ1v) is 6.69. The summed E-state index contributed by atoms with van der Waals surface area (Å²) in [4.78, 5) is 17.8. The molecule has 0 N–H and O–H groups in total. The number of carbonyl (C=O) groups excluding carboxylic acids is 1. The molecule has 2 aromatic heterocycles. The summed E-state index contributed by atoms with van der Waals surface area (Å²) in [7, 11) is 1.60. The van der Waals surface area contributed by atoms with Crippen molar-refractivity contribution in [3.8, 4) is 5.75 Å². The van der Waals surface area contributed by atoms with Gasteiger partial charge in [-0.05, 0) is 31.2 Å². The number of hydrogen-bond donors (Lipinski definition) is 0. The number of nitrogens with zero attached hydrogens (tertiary/aromatic N) is 2. The number of thiazole rings is 1. The smallest absolute Gasteiger partial charge is 0.211 e. The van der Waals surface area contributed by atoms with Crippen molar-refractivity contribution in [2.75, 3.05) is 7.11 Å². The predicted molar refractivity (Wildman–Crippen MR) is 74.2 cm³/mol. The Kier molecular flexibility index (Phi) is 2.83. The number of benzene rings is 1. The second-order valence-corrected chi connectivity index (χ2v) is 5.03. The number of rotatable bonds is 3. The second kappa shape index (κ2) is 4.51. The van der Waals surface area contributed by atoms with E-state index in [1.54, 1.807) is 31.4 Å². The van der Waals surface area contributed by atoms with Crippen molar-refractivity contribution in [1.29, 1.82) is 0 Å². The van der Waals surface area contributed by atoms with Gasteiger partial charge in [-0.15, -0.1) is 11.3 Å². The summed E-state index contributed by atoms with van der Waals surface area (Å²) < 4.78 is 6.93. The molecular weight excluding hydrogens is 260 g/mol. The fraction of sp³-hybridized carbons (Fsp3) is 0.143. The maximum atomic E-state index is 12.5. The normalized spacial score (nSPS) is 10.8. The zero-order valence-corrected chi connectivity index (χ0v) is 11.4. The molecule has 0 amide bonds. The summed E-state index contributed by atoms with van der Waals surface area (Å²) in [5.74, 6) is 0.716. The Balaban J connectivity index is 2.07. The molecule has 96 valence electrons. The van der Waals surface area contributed by atoms with Crippen LogP contribution in [0.4, 0.5) is 0 Å². The molecule has 0 bridgehead atoms. The molecule has 3 rings (SSSR count). The number of aryl methyl sites for hydroxylation is 1. The summed E-state index contributed by atoms with van der Waals surface area (Å²) >= 11 is 1.52. The van der Waals surface area contributed by atoms with Crippen LogP contribution < -0.4 is 4.74 Å². The highest BCUT2D eigenvalue weighted by Gasteiger charge is 2.18. The first-order chi connectivity index (χ1) is 9.20. The second-order valence-electron chi connectivity index (χ2n) is 4.16. The van der Waals surface area contributed by atoms with Crippen molar-refractivity contribution >= 4 is 22.1 Å². The van der Waals surface area contributed by atoms with E-state index in [0.717, 1.165) is 16.4 Å². The maximum absolute atomic E-state index is 12.5. The zero-order chi connectivity index (χ0) is 13.4. The lowest BCUT2D eigenvalue weighted by atomic mass is 10.1. The van der Waals surface area contributed by atoms with Crippen molar-refractivity contribution in [2.24, 2.45) is 0 Å². The van der Waals surface area contributed by atoms with Gasteiger partial charge in [-0.1, -0.05) is 0 Å². The van der Waals surface area contributed by atoms with Crippen molar-refractivity contribution in [3.05, 3.63) is 52.8 Å². The molecule has 5 heteroatoms. The average Bonchev–Trinajstić information content (AvgIpc) is 2.98. The summed E-state index contributed by atoms with van der Waals surface area (Å²) in [6.07, 6.45) is 1.87. The molecule has 0 radical (unpaired) electrons.